The smallest absolute Gasteiger partial charge is 0.254 e. The quantitative estimate of drug-likeness (QED) is 0.689. The second kappa shape index (κ2) is 6.00. The molecule has 0 spiro atoms. The first-order valence-corrected chi connectivity index (χ1v) is 5.59. The van der Waals surface area contributed by atoms with Crippen LogP contribution < -0.4 is 16.4 Å². The van der Waals surface area contributed by atoms with Gasteiger partial charge in [0.25, 0.3) is 5.91 Å². The van der Waals surface area contributed by atoms with Gasteiger partial charge in [-0.1, -0.05) is 0 Å². The molecule has 1 atom stereocenters. The third-order valence-electron chi connectivity index (χ3n) is 2.33. The molecular formula is C12H16FN3O2. The van der Waals surface area contributed by atoms with Gasteiger partial charge in [-0.25, -0.2) is 4.39 Å². The van der Waals surface area contributed by atoms with E-state index in [2.05, 4.69) is 10.6 Å². The van der Waals surface area contributed by atoms with Crippen LogP contribution in [0.3, 0.4) is 0 Å². The van der Waals surface area contributed by atoms with Gasteiger partial charge in [-0.05, 0) is 32.0 Å². The first-order chi connectivity index (χ1) is 8.45. The van der Waals surface area contributed by atoms with Gasteiger partial charge < -0.3 is 16.4 Å². The lowest BCUT2D eigenvalue weighted by molar-refractivity contribution is -0.122. The highest BCUT2D eigenvalue weighted by molar-refractivity contribution is 5.98. The van der Waals surface area contributed by atoms with Gasteiger partial charge in [0.05, 0.1) is 5.56 Å². The largest absolute Gasteiger partial charge is 0.399 e. The van der Waals surface area contributed by atoms with Crippen LogP contribution in [0.2, 0.25) is 0 Å². The second-order valence-corrected chi connectivity index (χ2v) is 3.83. The number of amides is 2. The predicted molar refractivity (Wildman–Crippen MR) is 66.4 cm³/mol. The molecule has 0 bridgehead atoms. The average molecular weight is 253 g/mol. The highest BCUT2D eigenvalue weighted by Crippen LogP contribution is 2.11. The van der Waals surface area contributed by atoms with E-state index in [1.807, 2.05) is 0 Å². The molecule has 1 aromatic carbocycles. The van der Waals surface area contributed by atoms with Crippen molar-refractivity contribution in [1.82, 2.24) is 10.6 Å². The lowest BCUT2D eigenvalue weighted by Crippen LogP contribution is -2.44. The molecule has 1 rings (SSSR count). The summed E-state index contributed by atoms with van der Waals surface area (Å²) >= 11 is 0. The summed E-state index contributed by atoms with van der Waals surface area (Å²) in [5.74, 6) is -1.67. The molecule has 0 aliphatic rings. The minimum atomic E-state index is -0.738. The molecule has 0 aromatic heterocycles. The highest BCUT2D eigenvalue weighted by Gasteiger charge is 2.18. The van der Waals surface area contributed by atoms with Gasteiger partial charge in [0.1, 0.15) is 11.9 Å². The van der Waals surface area contributed by atoms with Crippen LogP contribution in [0, 0.1) is 5.82 Å². The first kappa shape index (κ1) is 14.0. The number of hydrogen-bond donors (Lipinski definition) is 3. The van der Waals surface area contributed by atoms with Gasteiger partial charge in [0.15, 0.2) is 0 Å². The number of nitrogens with two attached hydrogens (primary N) is 1. The molecule has 1 aromatic rings. The van der Waals surface area contributed by atoms with Crippen molar-refractivity contribution in [3.8, 4) is 0 Å². The zero-order valence-electron chi connectivity index (χ0n) is 10.3. The number of likely N-dealkylation sites (N-methyl/N-ethyl adjacent to an activating group) is 1. The molecule has 0 heterocycles. The van der Waals surface area contributed by atoms with Crippen molar-refractivity contribution in [3.63, 3.8) is 0 Å². The topological polar surface area (TPSA) is 84.2 Å². The maximum atomic E-state index is 13.4. The van der Waals surface area contributed by atoms with Gasteiger partial charge in [-0.3, -0.25) is 9.59 Å². The Morgan fingerprint density at radius 2 is 2.11 bits per heavy atom. The van der Waals surface area contributed by atoms with Crippen molar-refractivity contribution in [3.05, 3.63) is 29.6 Å². The van der Waals surface area contributed by atoms with E-state index < -0.39 is 17.8 Å². The van der Waals surface area contributed by atoms with E-state index in [0.717, 1.165) is 6.07 Å². The minimum absolute atomic E-state index is 0.175. The SMILES string of the molecule is CCNC(=O)C(C)NC(=O)c1cc(N)ccc1F. The summed E-state index contributed by atoms with van der Waals surface area (Å²) in [6.07, 6.45) is 0. The van der Waals surface area contributed by atoms with E-state index in [0.29, 0.717) is 6.54 Å². The molecule has 18 heavy (non-hydrogen) atoms. The summed E-state index contributed by atoms with van der Waals surface area (Å²) in [5.41, 5.74) is 5.59. The average Bonchev–Trinajstić information content (AvgIpc) is 2.32. The number of rotatable bonds is 4. The Morgan fingerprint density at radius 1 is 1.44 bits per heavy atom. The van der Waals surface area contributed by atoms with Crippen LogP contribution in [0.15, 0.2) is 18.2 Å². The molecule has 0 fully saturated rings. The van der Waals surface area contributed by atoms with Crippen molar-refractivity contribution in [2.75, 3.05) is 12.3 Å². The third-order valence-corrected chi connectivity index (χ3v) is 2.33. The van der Waals surface area contributed by atoms with Crippen molar-refractivity contribution < 1.29 is 14.0 Å². The van der Waals surface area contributed by atoms with Crippen molar-refractivity contribution in [2.24, 2.45) is 0 Å². The van der Waals surface area contributed by atoms with Crippen molar-refractivity contribution in [1.29, 1.82) is 0 Å². The lowest BCUT2D eigenvalue weighted by atomic mass is 10.1. The summed E-state index contributed by atoms with van der Waals surface area (Å²) in [6, 6.07) is 2.97. The van der Waals surface area contributed by atoms with Crippen LogP contribution in [0.1, 0.15) is 24.2 Å². The van der Waals surface area contributed by atoms with Crippen LogP contribution in [0.5, 0.6) is 0 Å². The maximum absolute atomic E-state index is 13.4. The van der Waals surface area contributed by atoms with Gasteiger partial charge in [-0.15, -0.1) is 0 Å². The van der Waals surface area contributed by atoms with E-state index in [9.17, 15) is 14.0 Å². The Labute approximate surface area is 105 Å². The second-order valence-electron chi connectivity index (χ2n) is 3.83. The molecule has 0 saturated carbocycles. The molecule has 2 amide bonds. The lowest BCUT2D eigenvalue weighted by Gasteiger charge is -2.13. The summed E-state index contributed by atoms with van der Waals surface area (Å²) < 4.78 is 13.4. The molecule has 0 aliphatic carbocycles. The molecule has 6 heteroatoms. The van der Waals surface area contributed by atoms with E-state index in [4.69, 9.17) is 5.73 Å². The number of hydrogen-bond acceptors (Lipinski definition) is 3. The Bertz CT molecular complexity index is 463. The Kier molecular flexibility index (Phi) is 4.65. The molecular weight excluding hydrogens is 237 g/mol. The van der Waals surface area contributed by atoms with Crippen LogP contribution in [0.25, 0.3) is 0 Å². The fourth-order valence-corrected chi connectivity index (χ4v) is 1.38. The van der Waals surface area contributed by atoms with Gasteiger partial charge in [-0.2, -0.15) is 0 Å². The fourth-order valence-electron chi connectivity index (χ4n) is 1.38. The number of anilines is 1. The standard InChI is InChI=1S/C12H16FN3O2/c1-3-15-11(17)7(2)16-12(18)9-6-8(14)4-5-10(9)13/h4-7H,3,14H2,1-2H3,(H,15,17)(H,16,18). The monoisotopic (exact) mass is 253 g/mol. The molecule has 4 N–H and O–H groups in total. The predicted octanol–water partition coefficient (Wildman–Crippen LogP) is 0.662. The van der Waals surface area contributed by atoms with Crippen molar-refractivity contribution in [2.45, 2.75) is 19.9 Å². The minimum Gasteiger partial charge on any atom is -0.399 e. The summed E-state index contributed by atoms with van der Waals surface area (Å²) in [5, 5.41) is 4.96. The summed E-state index contributed by atoms with van der Waals surface area (Å²) in [7, 11) is 0. The molecule has 1 unspecified atom stereocenters. The van der Waals surface area contributed by atoms with Gasteiger partial charge in [0.2, 0.25) is 5.91 Å². The van der Waals surface area contributed by atoms with Crippen LogP contribution >= 0.6 is 0 Å². The Morgan fingerprint density at radius 3 is 2.72 bits per heavy atom. The maximum Gasteiger partial charge on any atom is 0.254 e. The van der Waals surface area contributed by atoms with E-state index >= 15 is 0 Å². The number of carbonyl (C=O) groups excluding carboxylic acids is 2. The van der Waals surface area contributed by atoms with Gasteiger partial charge >= 0.3 is 0 Å². The molecule has 0 saturated heterocycles. The first-order valence-electron chi connectivity index (χ1n) is 5.59. The number of benzene rings is 1. The third kappa shape index (κ3) is 3.44. The molecule has 98 valence electrons. The van der Waals surface area contributed by atoms with Crippen LogP contribution in [-0.4, -0.2) is 24.4 Å². The van der Waals surface area contributed by atoms with E-state index in [1.54, 1.807) is 6.92 Å². The van der Waals surface area contributed by atoms with Gasteiger partial charge in [0, 0.05) is 12.2 Å². The number of nitrogens with one attached hydrogen (secondary N) is 2. The Hall–Kier alpha value is -2.11. The summed E-state index contributed by atoms with van der Waals surface area (Å²) in [6.45, 7) is 3.75. The number of nitrogen functional groups attached to an aromatic ring is 1. The zero-order valence-corrected chi connectivity index (χ0v) is 10.3. The van der Waals surface area contributed by atoms with E-state index in [1.165, 1.54) is 19.1 Å². The normalized spacial score (nSPS) is 11.7. The van der Waals surface area contributed by atoms with Crippen LogP contribution in [-0.2, 0) is 4.79 Å². The Balaban J connectivity index is 2.76. The fraction of sp³-hybridized carbons (Fsp3) is 0.333. The highest BCUT2D eigenvalue weighted by atomic mass is 19.1. The number of carbonyl (C=O) groups is 2. The van der Waals surface area contributed by atoms with Crippen LogP contribution in [0.4, 0.5) is 10.1 Å². The molecule has 0 radical (unpaired) electrons. The van der Waals surface area contributed by atoms with E-state index in [-0.39, 0.29) is 17.2 Å². The van der Waals surface area contributed by atoms with Crippen molar-refractivity contribution >= 4 is 17.5 Å². The zero-order chi connectivity index (χ0) is 13.7. The molecule has 0 aliphatic heterocycles. The summed E-state index contributed by atoms with van der Waals surface area (Å²) in [4.78, 5) is 23.2. The molecule has 5 nitrogen and oxygen atoms in total. The number of halogens is 1.